The first-order valence-electron chi connectivity index (χ1n) is 1.90. The molecule has 0 unspecified atom stereocenters. The van der Waals surface area contributed by atoms with Crippen molar-refractivity contribution >= 4 is 0 Å². The standard InChI is InChI=1S/2HNO3.2HNO2/c2*2-1(3)4;2*2-1-3/h2*(H,2,3,4);2*(H,2,3). The maximum atomic E-state index is 8.36. The van der Waals surface area contributed by atoms with E-state index in [1.807, 2.05) is 0 Å². The third-order valence-electron chi connectivity index (χ3n) is 0. The molecule has 0 spiro atoms. The zero-order valence-electron chi connectivity index (χ0n) is 6.03. The molecule has 0 aliphatic carbocycles. The average molecular weight is 220 g/mol. The van der Waals surface area contributed by atoms with Crippen LogP contribution in [-0.4, -0.2) is 31.0 Å². The number of rotatable bonds is 0. The molecule has 0 saturated carbocycles. The van der Waals surface area contributed by atoms with Crippen LogP contribution in [0.15, 0.2) is 10.7 Å². The highest BCUT2D eigenvalue weighted by atomic mass is 16.9. The summed E-state index contributed by atoms with van der Waals surface area (Å²) in [4.78, 5) is 32.9. The van der Waals surface area contributed by atoms with E-state index in [-0.39, 0.29) is 0 Å². The Balaban J connectivity index is -0.0000000482. The van der Waals surface area contributed by atoms with E-state index in [9.17, 15) is 0 Å². The van der Waals surface area contributed by atoms with Gasteiger partial charge in [-0.3, -0.25) is 0 Å². The minimum absolute atomic E-state index is 1.25. The van der Waals surface area contributed by atoms with E-state index >= 15 is 0 Å². The van der Waals surface area contributed by atoms with Gasteiger partial charge in [0.25, 0.3) is 10.2 Å². The van der Waals surface area contributed by atoms with E-state index in [0.717, 1.165) is 0 Å². The van der Waals surface area contributed by atoms with Gasteiger partial charge in [0.1, 0.15) is 0 Å². The van der Waals surface area contributed by atoms with Gasteiger partial charge in [-0.2, -0.15) is 0 Å². The van der Waals surface area contributed by atoms with Gasteiger partial charge < -0.3 is 20.8 Å². The van der Waals surface area contributed by atoms with E-state index in [2.05, 4.69) is 0 Å². The van der Waals surface area contributed by atoms with E-state index in [1.165, 1.54) is 10.7 Å². The predicted octanol–water partition coefficient (Wildman–Crippen LogP) is -0.411. The third kappa shape index (κ3) is 78.9. The first-order chi connectivity index (χ1) is 6.29. The number of hydrogen-bond acceptors (Lipinski definition) is 8. The molecule has 0 aromatic carbocycles. The molecule has 84 valence electrons. The summed E-state index contributed by atoms with van der Waals surface area (Å²) >= 11 is 0. The first-order valence-corrected chi connectivity index (χ1v) is 1.90. The molecule has 0 aliphatic rings. The molecule has 0 bridgehead atoms. The lowest BCUT2D eigenvalue weighted by atomic mass is 13.1. The van der Waals surface area contributed by atoms with Crippen LogP contribution in [-0.2, 0) is 0 Å². The maximum absolute atomic E-state index is 8.36. The lowest BCUT2D eigenvalue weighted by Gasteiger charge is -1.56. The lowest BCUT2D eigenvalue weighted by molar-refractivity contribution is -0.742. The van der Waals surface area contributed by atoms with Crippen LogP contribution >= 0.6 is 0 Å². The van der Waals surface area contributed by atoms with Crippen LogP contribution < -0.4 is 0 Å². The highest BCUT2D eigenvalue weighted by Crippen LogP contribution is 1.38. The Hall–Kier alpha value is -2.80. The monoisotopic (exact) mass is 220 g/mol. The summed E-state index contributed by atoms with van der Waals surface area (Å²) in [5.41, 5.74) is 0. The molecule has 14 heteroatoms. The van der Waals surface area contributed by atoms with Crippen LogP contribution in [0.3, 0.4) is 0 Å². The smallest absolute Gasteiger partial charge is 0.291 e. The minimum atomic E-state index is -1.50. The average Bonchev–Trinajstić information content (AvgIpc) is 1.85. The summed E-state index contributed by atoms with van der Waals surface area (Å²) in [6, 6.07) is 0. The highest BCUT2D eigenvalue weighted by Gasteiger charge is 1.65. The fourth-order valence-electron chi connectivity index (χ4n) is 0. The summed E-state index contributed by atoms with van der Waals surface area (Å²) < 4.78 is 0. The van der Waals surface area contributed by atoms with Crippen molar-refractivity contribution in [2.45, 2.75) is 0 Å². The SMILES string of the molecule is O=NO.O=NO.O=[N+]([O-])O.O=[N+]([O-])O. The van der Waals surface area contributed by atoms with Crippen molar-refractivity contribution in [3.63, 3.8) is 0 Å². The molecular formula is H4N4O10. The molecule has 4 N–H and O–H groups in total. The molecule has 0 aromatic rings. The van der Waals surface area contributed by atoms with E-state index in [1.54, 1.807) is 0 Å². The molecule has 0 amide bonds. The first kappa shape index (κ1) is 22.5. The second kappa shape index (κ2) is 31.9. The van der Waals surface area contributed by atoms with Crippen LogP contribution in [0.5, 0.6) is 0 Å². The fraction of sp³-hybridized carbons (Fsp3) is 0. The van der Waals surface area contributed by atoms with Crippen molar-refractivity contribution < 1.29 is 31.0 Å². The van der Waals surface area contributed by atoms with E-state index in [0.29, 0.717) is 0 Å². The Morgan fingerprint density at radius 1 is 0.857 bits per heavy atom. The molecule has 14 heavy (non-hydrogen) atoms. The molecule has 0 fully saturated rings. The number of nitrogens with zero attached hydrogens (tertiary/aromatic N) is 4. The normalized spacial score (nSPS) is 5.14. The zero-order valence-corrected chi connectivity index (χ0v) is 6.03. The second-order valence-corrected chi connectivity index (χ2v) is 0.639. The quantitative estimate of drug-likeness (QED) is 0.234. The van der Waals surface area contributed by atoms with Gasteiger partial charge in [-0.25, -0.2) is 0 Å². The summed E-state index contributed by atoms with van der Waals surface area (Å²) in [5, 5.41) is 43.1. The molecule has 0 aromatic heterocycles. The van der Waals surface area contributed by atoms with Gasteiger partial charge in [-0.05, 0) is 0 Å². The van der Waals surface area contributed by atoms with Gasteiger partial charge in [0.15, 0.2) is 10.7 Å². The Labute approximate surface area is 73.1 Å². The van der Waals surface area contributed by atoms with Gasteiger partial charge in [-0.15, -0.1) is 30.0 Å². The second-order valence-electron chi connectivity index (χ2n) is 0.639. The van der Waals surface area contributed by atoms with Crippen molar-refractivity contribution in [3.05, 3.63) is 30.0 Å². The summed E-state index contributed by atoms with van der Waals surface area (Å²) in [6.07, 6.45) is 0. The Morgan fingerprint density at radius 2 is 0.857 bits per heavy atom. The molecule has 0 atom stereocenters. The van der Waals surface area contributed by atoms with Gasteiger partial charge in [-0.1, -0.05) is 0 Å². The summed E-state index contributed by atoms with van der Waals surface area (Å²) in [6.45, 7) is 0. The van der Waals surface area contributed by atoms with Crippen molar-refractivity contribution in [3.8, 4) is 0 Å². The van der Waals surface area contributed by atoms with Crippen LogP contribution in [0.4, 0.5) is 0 Å². The van der Waals surface area contributed by atoms with Crippen molar-refractivity contribution in [2.75, 3.05) is 0 Å². The molecule has 0 aliphatic heterocycles. The van der Waals surface area contributed by atoms with Crippen LogP contribution in [0.2, 0.25) is 0 Å². The zero-order chi connectivity index (χ0) is 12.6. The Kier molecular flexibility index (Phi) is 51.3. The number of hydrogen-bond donors (Lipinski definition) is 4. The van der Waals surface area contributed by atoms with Gasteiger partial charge in [0.05, 0.1) is 0 Å². The highest BCUT2D eigenvalue weighted by molar-refractivity contribution is 3.84. The fourth-order valence-corrected chi connectivity index (χ4v) is 0. The molecule has 0 rings (SSSR count). The molecule has 0 radical (unpaired) electrons. The molecular weight excluding hydrogens is 216 g/mol. The minimum Gasteiger partial charge on any atom is -0.379 e. The summed E-state index contributed by atoms with van der Waals surface area (Å²) in [5.74, 6) is 0. The van der Waals surface area contributed by atoms with E-state index in [4.69, 9.17) is 50.9 Å². The Morgan fingerprint density at radius 3 is 0.857 bits per heavy atom. The lowest BCUT2D eigenvalue weighted by Crippen LogP contribution is -1.81. The maximum Gasteiger partial charge on any atom is 0.291 e. The van der Waals surface area contributed by atoms with Crippen LogP contribution in [0.25, 0.3) is 0 Å². The largest absolute Gasteiger partial charge is 0.379 e. The molecule has 14 nitrogen and oxygen atoms in total. The predicted molar refractivity (Wildman–Crippen MR) is 32.7 cm³/mol. The topological polar surface area (TPSA) is 226 Å². The van der Waals surface area contributed by atoms with Gasteiger partial charge in [0, 0.05) is 0 Å². The van der Waals surface area contributed by atoms with Crippen molar-refractivity contribution in [1.82, 2.24) is 0 Å². The van der Waals surface area contributed by atoms with E-state index < -0.39 is 10.2 Å². The van der Waals surface area contributed by atoms with Crippen LogP contribution in [0, 0.1) is 30.0 Å². The van der Waals surface area contributed by atoms with Crippen molar-refractivity contribution in [2.24, 2.45) is 10.7 Å². The van der Waals surface area contributed by atoms with Gasteiger partial charge >= 0.3 is 0 Å². The summed E-state index contributed by atoms with van der Waals surface area (Å²) in [7, 11) is 0. The van der Waals surface area contributed by atoms with Gasteiger partial charge in [0.2, 0.25) is 0 Å². The van der Waals surface area contributed by atoms with Crippen LogP contribution in [0.1, 0.15) is 0 Å². The van der Waals surface area contributed by atoms with Crippen molar-refractivity contribution in [1.29, 1.82) is 0 Å². The molecule has 0 saturated heterocycles. The third-order valence-corrected chi connectivity index (χ3v) is 0. The Bertz CT molecular complexity index is 124. The molecule has 0 heterocycles.